The van der Waals surface area contributed by atoms with Gasteiger partial charge in [0.2, 0.25) is 0 Å². The maximum atomic E-state index is 5.61. The molecule has 0 aliphatic carbocycles. The molecular weight excluding hydrogens is 294 g/mol. The van der Waals surface area contributed by atoms with Crippen LogP contribution in [0.15, 0.2) is 23.2 Å². The van der Waals surface area contributed by atoms with Crippen molar-refractivity contribution in [1.29, 1.82) is 0 Å². The Morgan fingerprint density at radius 3 is 2.83 bits per heavy atom. The van der Waals surface area contributed by atoms with Gasteiger partial charge >= 0.3 is 0 Å². The average molecular weight is 319 g/mol. The number of nitrogens with zero attached hydrogens (tertiary/aromatic N) is 1. The number of guanidine groups is 1. The van der Waals surface area contributed by atoms with Gasteiger partial charge in [0.25, 0.3) is 0 Å². The van der Waals surface area contributed by atoms with Crippen LogP contribution in [0.25, 0.3) is 0 Å². The van der Waals surface area contributed by atoms with Crippen LogP contribution >= 0.6 is 0 Å². The molecule has 1 unspecified atom stereocenters. The van der Waals surface area contributed by atoms with Gasteiger partial charge in [-0.1, -0.05) is 6.07 Å². The third-order valence-electron chi connectivity index (χ3n) is 4.06. The maximum absolute atomic E-state index is 5.61. The van der Waals surface area contributed by atoms with Crippen LogP contribution in [-0.4, -0.2) is 52.0 Å². The minimum Gasteiger partial charge on any atom is -0.486 e. The molecule has 2 aliphatic rings. The van der Waals surface area contributed by atoms with Crippen molar-refractivity contribution in [1.82, 2.24) is 10.6 Å². The SMILES string of the molecule is CN=C(NCCc1ccc2c(c1)OCCO2)NCC1CCCO1. The summed E-state index contributed by atoms with van der Waals surface area (Å²) in [6.45, 7) is 3.74. The minimum absolute atomic E-state index is 0.311. The first-order valence-electron chi connectivity index (χ1n) is 8.30. The Labute approximate surface area is 137 Å². The summed E-state index contributed by atoms with van der Waals surface area (Å²) in [5.41, 5.74) is 1.22. The van der Waals surface area contributed by atoms with E-state index in [-0.39, 0.29) is 0 Å². The minimum atomic E-state index is 0.311. The van der Waals surface area contributed by atoms with Gasteiger partial charge in [0.1, 0.15) is 13.2 Å². The van der Waals surface area contributed by atoms with Crippen molar-refractivity contribution in [3.05, 3.63) is 23.8 Å². The van der Waals surface area contributed by atoms with Gasteiger partial charge in [-0.05, 0) is 37.0 Å². The predicted octanol–water partition coefficient (Wildman–Crippen LogP) is 1.34. The predicted molar refractivity (Wildman–Crippen MR) is 89.5 cm³/mol. The molecule has 0 aromatic heterocycles. The molecule has 3 rings (SSSR count). The second-order valence-corrected chi connectivity index (χ2v) is 5.74. The summed E-state index contributed by atoms with van der Waals surface area (Å²) >= 11 is 0. The molecular formula is C17H25N3O3. The smallest absolute Gasteiger partial charge is 0.191 e. The lowest BCUT2D eigenvalue weighted by Gasteiger charge is -2.19. The van der Waals surface area contributed by atoms with Gasteiger partial charge in [-0.3, -0.25) is 4.99 Å². The van der Waals surface area contributed by atoms with Crippen LogP contribution in [0.3, 0.4) is 0 Å². The van der Waals surface area contributed by atoms with Gasteiger partial charge in [0, 0.05) is 26.7 Å². The number of nitrogens with one attached hydrogen (secondary N) is 2. The largest absolute Gasteiger partial charge is 0.486 e. The van der Waals surface area contributed by atoms with E-state index in [0.29, 0.717) is 19.3 Å². The Morgan fingerprint density at radius 1 is 1.17 bits per heavy atom. The number of hydrogen-bond acceptors (Lipinski definition) is 4. The fourth-order valence-corrected chi connectivity index (χ4v) is 2.80. The molecule has 0 amide bonds. The first kappa shape index (κ1) is 15.9. The summed E-state index contributed by atoms with van der Waals surface area (Å²) in [6.07, 6.45) is 3.49. The van der Waals surface area contributed by atoms with Crippen LogP contribution in [-0.2, 0) is 11.2 Å². The molecule has 2 heterocycles. The Hall–Kier alpha value is -1.95. The molecule has 0 saturated carbocycles. The van der Waals surface area contributed by atoms with E-state index in [2.05, 4.69) is 27.8 Å². The van der Waals surface area contributed by atoms with Gasteiger partial charge in [0.15, 0.2) is 17.5 Å². The molecule has 1 saturated heterocycles. The fourth-order valence-electron chi connectivity index (χ4n) is 2.80. The zero-order chi connectivity index (χ0) is 15.9. The van der Waals surface area contributed by atoms with Gasteiger partial charge in [0.05, 0.1) is 6.10 Å². The van der Waals surface area contributed by atoms with E-state index in [1.807, 2.05) is 6.07 Å². The van der Waals surface area contributed by atoms with Crippen molar-refractivity contribution in [3.63, 3.8) is 0 Å². The van der Waals surface area contributed by atoms with Gasteiger partial charge in [-0.25, -0.2) is 0 Å². The summed E-state index contributed by atoms with van der Waals surface area (Å²) in [5.74, 6) is 2.50. The third kappa shape index (κ3) is 4.51. The van der Waals surface area contributed by atoms with E-state index in [1.54, 1.807) is 7.05 Å². The lowest BCUT2D eigenvalue weighted by atomic mass is 10.1. The number of rotatable bonds is 5. The zero-order valence-corrected chi connectivity index (χ0v) is 13.6. The first-order chi connectivity index (χ1) is 11.3. The lowest BCUT2D eigenvalue weighted by molar-refractivity contribution is 0.114. The molecule has 6 nitrogen and oxygen atoms in total. The van der Waals surface area contributed by atoms with E-state index in [0.717, 1.165) is 56.4 Å². The quantitative estimate of drug-likeness (QED) is 0.633. The second kappa shape index (κ2) is 8.06. The van der Waals surface area contributed by atoms with E-state index in [1.165, 1.54) is 5.56 Å². The Bertz CT molecular complexity index is 542. The van der Waals surface area contributed by atoms with Crippen LogP contribution in [0.1, 0.15) is 18.4 Å². The molecule has 23 heavy (non-hydrogen) atoms. The monoisotopic (exact) mass is 319 g/mol. The summed E-state index contributed by atoms with van der Waals surface area (Å²) in [7, 11) is 1.79. The average Bonchev–Trinajstić information content (AvgIpc) is 3.11. The standard InChI is InChI=1S/C17H25N3O3/c1-18-17(20-12-14-3-2-8-21-14)19-7-6-13-4-5-15-16(11-13)23-10-9-22-15/h4-5,11,14H,2-3,6-10,12H2,1H3,(H2,18,19,20). The van der Waals surface area contributed by atoms with Crippen LogP contribution in [0, 0.1) is 0 Å². The van der Waals surface area contributed by atoms with E-state index in [4.69, 9.17) is 14.2 Å². The molecule has 0 bridgehead atoms. The zero-order valence-electron chi connectivity index (χ0n) is 13.6. The van der Waals surface area contributed by atoms with Crippen LogP contribution in [0.5, 0.6) is 11.5 Å². The first-order valence-corrected chi connectivity index (χ1v) is 8.30. The highest BCUT2D eigenvalue weighted by atomic mass is 16.6. The maximum Gasteiger partial charge on any atom is 0.191 e. The molecule has 1 aromatic carbocycles. The van der Waals surface area contributed by atoms with Crippen molar-refractivity contribution in [2.24, 2.45) is 4.99 Å². The highest BCUT2D eigenvalue weighted by Crippen LogP contribution is 2.30. The normalized spacial score (nSPS) is 20.4. The Morgan fingerprint density at radius 2 is 2.04 bits per heavy atom. The molecule has 1 fully saturated rings. The molecule has 0 spiro atoms. The molecule has 1 atom stereocenters. The highest BCUT2D eigenvalue weighted by molar-refractivity contribution is 5.79. The van der Waals surface area contributed by atoms with Crippen molar-refractivity contribution in [2.75, 3.05) is 40.0 Å². The molecule has 126 valence electrons. The molecule has 2 aliphatic heterocycles. The number of benzene rings is 1. The van der Waals surface area contributed by atoms with Crippen LogP contribution in [0.2, 0.25) is 0 Å². The molecule has 6 heteroatoms. The summed E-state index contributed by atoms with van der Waals surface area (Å²) < 4.78 is 16.8. The number of aliphatic imine (C=N–C) groups is 1. The summed E-state index contributed by atoms with van der Waals surface area (Å²) in [5, 5.41) is 6.65. The summed E-state index contributed by atoms with van der Waals surface area (Å²) in [6, 6.07) is 6.12. The fraction of sp³-hybridized carbons (Fsp3) is 0.588. The molecule has 1 aromatic rings. The van der Waals surface area contributed by atoms with Crippen molar-refractivity contribution < 1.29 is 14.2 Å². The van der Waals surface area contributed by atoms with Gasteiger partial charge in [-0.2, -0.15) is 0 Å². The van der Waals surface area contributed by atoms with E-state index < -0.39 is 0 Å². The number of ether oxygens (including phenoxy) is 3. The third-order valence-corrected chi connectivity index (χ3v) is 4.06. The Balaban J connectivity index is 1.42. The second-order valence-electron chi connectivity index (χ2n) is 5.74. The topological polar surface area (TPSA) is 64.1 Å². The lowest BCUT2D eigenvalue weighted by Crippen LogP contribution is -2.41. The van der Waals surface area contributed by atoms with Crippen molar-refractivity contribution >= 4 is 5.96 Å². The van der Waals surface area contributed by atoms with Gasteiger partial charge in [-0.15, -0.1) is 0 Å². The number of hydrogen-bond donors (Lipinski definition) is 2. The highest BCUT2D eigenvalue weighted by Gasteiger charge is 2.15. The summed E-state index contributed by atoms with van der Waals surface area (Å²) in [4.78, 5) is 4.24. The van der Waals surface area contributed by atoms with E-state index >= 15 is 0 Å². The van der Waals surface area contributed by atoms with Crippen molar-refractivity contribution in [2.45, 2.75) is 25.4 Å². The van der Waals surface area contributed by atoms with Crippen molar-refractivity contribution in [3.8, 4) is 11.5 Å². The van der Waals surface area contributed by atoms with Crippen LogP contribution < -0.4 is 20.1 Å². The van der Waals surface area contributed by atoms with Gasteiger partial charge < -0.3 is 24.8 Å². The van der Waals surface area contributed by atoms with E-state index in [9.17, 15) is 0 Å². The molecule has 2 N–H and O–H groups in total. The Kier molecular flexibility index (Phi) is 5.58. The number of fused-ring (bicyclic) bond motifs is 1. The molecule has 0 radical (unpaired) electrons. The van der Waals surface area contributed by atoms with Crippen LogP contribution in [0.4, 0.5) is 0 Å².